The molecule has 0 aliphatic heterocycles. The van der Waals surface area contributed by atoms with E-state index in [0.717, 1.165) is 25.0 Å². The number of fused-ring (bicyclic) bond motifs is 1. The molecule has 17 heavy (non-hydrogen) atoms. The van der Waals surface area contributed by atoms with Gasteiger partial charge in [0.05, 0.1) is 12.8 Å². The largest absolute Gasteiger partial charge is 0.469 e. The summed E-state index contributed by atoms with van der Waals surface area (Å²) in [6.07, 6.45) is 5.09. The average molecular weight is 233 g/mol. The molecule has 1 aliphatic rings. The zero-order valence-electron chi connectivity index (χ0n) is 9.77. The third-order valence-corrected chi connectivity index (χ3v) is 3.12. The summed E-state index contributed by atoms with van der Waals surface area (Å²) < 4.78 is 10.5. The number of aromatic nitrogens is 2. The Labute approximate surface area is 99.2 Å². The van der Waals surface area contributed by atoms with Crippen molar-refractivity contribution in [3.05, 3.63) is 35.4 Å². The number of rotatable bonds is 3. The van der Waals surface area contributed by atoms with Crippen molar-refractivity contribution in [2.24, 2.45) is 0 Å². The van der Waals surface area contributed by atoms with E-state index in [0.29, 0.717) is 24.3 Å². The van der Waals surface area contributed by atoms with Crippen LogP contribution in [0.4, 0.5) is 0 Å². The molecule has 90 valence electrons. The lowest BCUT2D eigenvalue weighted by Gasteiger charge is -2.21. The Morgan fingerprint density at radius 1 is 1.53 bits per heavy atom. The maximum atomic E-state index is 5.45. The quantitative estimate of drug-likeness (QED) is 0.879. The number of hydrogen-bond donors (Lipinski definition) is 1. The summed E-state index contributed by atoms with van der Waals surface area (Å²) in [5, 5.41) is 7.21. The van der Waals surface area contributed by atoms with Crippen molar-refractivity contribution in [2.45, 2.75) is 38.8 Å². The molecule has 0 bridgehead atoms. The zero-order valence-corrected chi connectivity index (χ0v) is 9.77. The van der Waals surface area contributed by atoms with Gasteiger partial charge in [-0.05, 0) is 25.8 Å². The highest BCUT2D eigenvalue weighted by molar-refractivity contribution is 5.24. The van der Waals surface area contributed by atoms with Gasteiger partial charge in [-0.25, -0.2) is 0 Å². The van der Waals surface area contributed by atoms with E-state index in [1.807, 2.05) is 13.0 Å². The molecular weight excluding hydrogens is 218 g/mol. The molecule has 1 atom stereocenters. The van der Waals surface area contributed by atoms with Gasteiger partial charge in [-0.2, -0.15) is 4.98 Å². The van der Waals surface area contributed by atoms with Gasteiger partial charge in [0.1, 0.15) is 5.76 Å². The zero-order chi connectivity index (χ0) is 11.7. The Morgan fingerprint density at radius 2 is 2.47 bits per heavy atom. The number of hydrogen-bond acceptors (Lipinski definition) is 5. The van der Waals surface area contributed by atoms with Crippen LogP contribution in [-0.2, 0) is 13.0 Å². The minimum Gasteiger partial charge on any atom is -0.469 e. The molecule has 0 spiro atoms. The van der Waals surface area contributed by atoms with E-state index in [-0.39, 0.29) is 0 Å². The van der Waals surface area contributed by atoms with E-state index >= 15 is 0 Å². The first kappa shape index (κ1) is 10.5. The van der Waals surface area contributed by atoms with Gasteiger partial charge in [-0.1, -0.05) is 5.16 Å². The van der Waals surface area contributed by atoms with Crippen molar-refractivity contribution in [1.82, 2.24) is 15.5 Å². The minimum absolute atomic E-state index is 0.338. The van der Waals surface area contributed by atoms with Crippen molar-refractivity contribution in [1.29, 1.82) is 0 Å². The molecular formula is C12H15N3O2. The van der Waals surface area contributed by atoms with Gasteiger partial charge in [0.25, 0.3) is 0 Å². The molecule has 1 N–H and O–H groups in total. The van der Waals surface area contributed by atoms with Gasteiger partial charge >= 0.3 is 0 Å². The Bertz CT molecular complexity index is 503. The highest BCUT2D eigenvalue weighted by Crippen LogP contribution is 2.30. The van der Waals surface area contributed by atoms with Crippen molar-refractivity contribution >= 4 is 0 Å². The molecule has 2 aromatic heterocycles. The second-order valence-corrected chi connectivity index (χ2v) is 4.36. The van der Waals surface area contributed by atoms with Crippen molar-refractivity contribution < 1.29 is 8.94 Å². The minimum atomic E-state index is 0.338. The van der Waals surface area contributed by atoms with Crippen LogP contribution in [-0.4, -0.2) is 10.1 Å². The maximum Gasteiger partial charge on any atom is 0.240 e. The third kappa shape index (κ3) is 2.10. The van der Waals surface area contributed by atoms with Gasteiger partial charge in [-0.3, -0.25) is 0 Å². The molecule has 0 saturated carbocycles. The van der Waals surface area contributed by atoms with Gasteiger partial charge in [0.2, 0.25) is 5.89 Å². The van der Waals surface area contributed by atoms with Crippen molar-refractivity contribution in [3.63, 3.8) is 0 Å². The second-order valence-electron chi connectivity index (χ2n) is 4.36. The summed E-state index contributed by atoms with van der Waals surface area (Å²) in [5.74, 6) is 2.42. The average Bonchev–Trinajstić information content (AvgIpc) is 2.94. The molecule has 0 aromatic carbocycles. The maximum absolute atomic E-state index is 5.45. The predicted octanol–water partition coefficient (Wildman–Crippen LogP) is 2.14. The molecule has 0 fully saturated rings. The highest BCUT2D eigenvalue weighted by atomic mass is 16.5. The lowest BCUT2D eigenvalue weighted by Crippen LogP contribution is -2.24. The van der Waals surface area contributed by atoms with Crippen LogP contribution in [0.15, 0.2) is 21.3 Å². The Balaban J connectivity index is 1.67. The molecule has 5 heteroatoms. The molecule has 5 nitrogen and oxygen atoms in total. The molecule has 0 amide bonds. The standard InChI is InChI=1S/C12H15N3O2/c1-8-14-12(17-15-8)7-13-10-3-2-4-11-9(10)5-6-16-11/h5-6,10,13H,2-4,7H2,1H3. The lowest BCUT2D eigenvalue weighted by atomic mass is 9.93. The lowest BCUT2D eigenvalue weighted by molar-refractivity contribution is 0.342. The molecule has 1 aliphatic carbocycles. The van der Waals surface area contributed by atoms with E-state index in [2.05, 4.69) is 15.5 Å². The number of furan rings is 1. The van der Waals surface area contributed by atoms with E-state index in [1.54, 1.807) is 6.26 Å². The van der Waals surface area contributed by atoms with Crippen molar-refractivity contribution in [2.75, 3.05) is 0 Å². The first-order valence-corrected chi connectivity index (χ1v) is 5.92. The first-order chi connectivity index (χ1) is 8.33. The number of aryl methyl sites for hydroxylation is 2. The van der Waals surface area contributed by atoms with Crippen LogP contribution in [0, 0.1) is 6.92 Å². The van der Waals surface area contributed by atoms with Crippen LogP contribution >= 0.6 is 0 Å². The van der Waals surface area contributed by atoms with Crippen LogP contribution in [0.2, 0.25) is 0 Å². The SMILES string of the molecule is Cc1noc(CNC2CCCc3occc32)n1. The summed E-state index contributed by atoms with van der Waals surface area (Å²) >= 11 is 0. The summed E-state index contributed by atoms with van der Waals surface area (Å²) in [5.41, 5.74) is 1.27. The summed E-state index contributed by atoms with van der Waals surface area (Å²) in [6.45, 7) is 2.43. The fourth-order valence-electron chi connectivity index (χ4n) is 2.32. The number of nitrogens with one attached hydrogen (secondary N) is 1. The number of nitrogens with zero attached hydrogens (tertiary/aromatic N) is 2. The first-order valence-electron chi connectivity index (χ1n) is 5.92. The van der Waals surface area contributed by atoms with E-state index < -0.39 is 0 Å². The molecule has 0 radical (unpaired) electrons. The topological polar surface area (TPSA) is 64.1 Å². The molecule has 2 heterocycles. The molecule has 3 rings (SSSR count). The van der Waals surface area contributed by atoms with Crippen LogP contribution in [0.1, 0.15) is 41.9 Å². The fraction of sp³-hybridized carbons (Fsp3) is 0.500. The summed E-state index contributed by atoms with van der Waals surface area (Å²) in [4.78, 5) is 4.17. The fourth-order valence-corrected chi connectivity index (χ4v) is 2.32. The van der Waals surface area contributed by atoms with Crippen LogP contribution in [0.5, 0.6) is 0 Å². The smallest absolute Gasteiger partial charge is 0.240 e. The Kier molecular flexibility index (Phi) is 2.68. The molecule has 0 saturated heterocycles. The van der Waals surface area contributed by atoms with Crippen LogP contribution in [0.3, 0.4) is 0 Å². The summed E-state index contributed by atoms with van der Waals surface area (Å²) in [7, 11) is 0. The summed E-state index contributed by atoms with van der Waals surface area (Å²) in [6, 6.07) is 2.38. The second kappa shape index (κ2) is 4.33. The van der Waals surface area contributed by atoms with Gasteiger partial charge in [0.15, 0.2) is 5.82 Å². The van der Waals surface area contributed by atoms with Crippen molar-refractivity contribution in [3.8, 4) is 0 Å². The van der Waals surface area contributed by atoms with E-state index in [9.17, 15) is 0 Å². The van der Waals surface area contributed by atoms with Gasteiger partial charge < -0.3 is 14.3 Å². The molecule has 2 aromatic rings. The Hall–Kier alpha value is -1.62. The third-order valence-electron chi connectivity index (χ3n) is 3.12. The van der Waals surface area contributed by atoms with E-state index in [1.165, 1.54) is 5.56 Å². The monoisotopic (exact) mass is 233 g/mol. The predicted molar refractivity (Wildman–Crippen MR) is 60.3 cm³/mol. The van der Waals surface area contributed by atoms with E-state index in [4.69, 9.17) is 8.94 Å². The Morgan fingerprint density at radius 3 is 3.29 bits per heavy atom. The van der Waals surface area contributed by atoms with Crippen LogP contribution < -0.4 is 5.32 Å². The molecule has 1 unspecified atom stereocenters. The normalized spacial score (nSPS) is 19.2. The van der Waals surface area contributed by atoms with Crippen LogP contribution in [0.25, 0.3) is 0 Å². The van der Waals surface area contributed by atoms with Gasteiger partial charge in [-0.15, -0.1) is 0 Å². The highest BCUT2D eigenvalue weighted by Gasteiger charge is 2.22. The van der Waals surface area contributed by atoms with Gasteiger partial charge in [0, 0.05) is 18.0 Å².